The Hall–Kier alpha value is -0.0400. The normalized spacial score (nSPS) is 56.1. The molecule has 4 aliphatic carbocycles. The minimum atomic E-state index is -0.00437. The Bertz CT molecular complexity index is 457. The molecule has 0 aromatic carbocycles. The van der Waals surface area contributed by atoms with Crippen LogP contribution in [0.3, 0.4) is 0 Å². The van der Waals surface area contributed by atoms with Crippen LogP contribution in [0.15, 0.2) is 0 Å². The molecule has 132 valence electrons. The molecule has 1 nitrogen and oxygen atoms in total. The minimum Gasteiger partial charge on any atom is -0.393 e. The van der Waals surface area contributed by atoms with Crippen LogP contribution < -0.4 is 0 Å². The summed E-state index contributed by atoms with van der Waals surface area (Å²) >= 11 is 0. The van der Waals surface area contributed by atoms with Gasteiger partial charge in [0.2, 0.25) is 0 Å². The second-order valence-electron chi connectivity index (χ2n) is 10.6. The molecule has 0 amide bonds. The lowest BCUT2D eigenvalue weighted by Crippen LogP contribution is -2.54. The highest BCUT2D eigenvalue weighted by Crippen LogP contribution is 2.68. The predicted molar refractivity (Wildman–Crippen MR) is 96.1 cm³/mol. The molecule has 0 aliphatic heterocycles. The molecular formula is C22H38O. The molecular weight excluding hydrogens is 280 g/mol. The van der Waals surface area contributed by atoms with Gasteiger partial charge >= 0.3 is 0 Å². The van der Waals surface area contributed by atoms with E-state index in [0.29, 0.717) is 10.8 Å². The maximum absolute atomic E-state index is 10.1. The molecule has 0 radical (unpaired) electrons. The molecule has 0 spiro atoms. The number of hydrogen-bond acceptors (Lipinski definition) is 1. The summed E-state index contributed by atoms with van der Waals surface area (Å²) in [6.07, 6.45) is 12.2. The summed E-state index contributed by atoms with van der Waals surface area (Å²) in [5.74, 6) is 5.58. The Morgan fingerprint density at radius 1 is 0.826 bits per heavy atom. The van der Waals surface area contributed by atoms with Crippen LogP contribution in [-0.2, 0) is 0 Å². The topological polar surface area (TPSA) is 20.2 Å². The van der Waals surface area contributed by atoms with Crippen LogP contribution in [0.1, 0.15) is 85.5 Å². The van der Waals surface area contributed by atoms with Crippen molar-refractivity contribution >= 4 is 0 Å². The molecule has 0 saturated heterocycles. The van der Waals surface area contributed by atoms with Crippen LogP contribution in [0.5, 0.6) is 0 Å². The number of hydrogen-bond donors (Lipinski definition) is 1. The summed E-state index contributed by atoms with van der Waals surface area (Å²) in [5.41, 5.74) is 1.17. The molecule has 4 saturated carbocycles. The van der Waals surface area contributed by atoms with Crippen molar-refractivity contribution in [3.63, 3.8) is 0 Å². The summed E-state index contributed by atoms with van der Waals surface area (Å²) in [4.78, 5) is 0. The predicted octanol–water partition coefficient (Wildman–Crippen LogP) is 5.66. The zero-order chi connectivity index (χ0) is 16.4. The van der Waals surface area contributed by atoms with Crippen molar-refractivity contribution in [2.24, 2.45) is 46.3 Å². The van der Waals surface area contributed by atoms with Gasteiger partial charge in [-0.05, 0) is 104 Å². The van der Waals surface area contributed by atoms with E-state index in [0.717, 1.165) is 48.3 Å². The molecule has 8 atom stereocenters. The molecule has 3 unspecified atom stereocenters. The first kappa shape index (κ1) is 16.4. The fourth-order valence-corrected chi connectivity index (χ4v) is 8.37. The highest BCUT2D eigenvalue weighted by atomic mass is 16.3. The fraction of sp³-hybridized carbons (Fsp3) is 1.00. The van der Waals surface area contributed by atoms with Crippen molar-refractivity contribution in [3.8, 4) is 0 Å². The molecule has 0 aromatic heterocycles. The van der Waals surface area contributed by atoms with E-state index >= 15 is 0 Å². The number of aliphatic hydroxyl groups is 1. The first-order valence-electron chi connectivity index (χ1n) is 10.5. The highest BCUT2D eigenvalue weighted by Gasteiger charge is 2.60. The SMILES string of the molecule is CC(C)[C@H]1CCC2C3CC[C@H]4C[C@@H](O)CC[C@]4(C)C3CC[C@@]21C. The largest absolute Gasteiger partial charge is 0.393 e. The van der Waals surface area contributed by atoms with Crippen LogP contribution in [0.2, 0.25) is 0 Å². The standard InChI is InChI=1S/C22H38O/c1-14(2)18-7-8-19-17-6-5-15-13-16(23)9-11-21(15,3)20(17)10-12-22(18,19)4/h14-20,23H,5-13H2,1-4H3/t15-,16-,17?,18+,19?,20?,21-,22+/m0/s1. The first-order valence-corrected chi connectivity index (χ1v) is 10.5. The van der Waals surface area contributed by atoms with Gasteiger partial charge in [0, 0.05) is 0 Å². The van der Waals surface area contributed by atoms with Crippen LogP contribution >= 0.6 is 0 Å². The maximum atomic E-state index is 10.1. The summed E-state index contributed by atoms with van der Waals surface area (Å²) < 4.78 is 0. The lowest BCUT2D eigenvalue weighted by Gasteiger charge is -2.61. The van der Waals surface area contributed by atoms with E-state index in [1.807, 2.05) is 0 Å². The molecule has 0 aromatic rings. The van der Waals surface area contributed by atoms with Crippen molar-refractivity contribution < 1.29 is 5.11 Å². The minimum absolute atomic E-state index is 0.00437. The third-order valence-corrected chi connectivity index (χ3v) is 9.52. The maximum Gasteiger partial charge on any atom is 0.0543 e. The quantitative estimate of drug-likeness (QED) is 0.661. The summed E-state index contributed by atoms with van der Waals surface area (Å²) in [6, 6.07) is 0. The lowest BCUT2D eigenvalue weighted by molar-refractivity contribution is -0.128. The van der Waals surface area contributed by atoms with Gasteiger partial charge in [0.05, 0.1) is 6.10 Å². The average molecular weight is 319 g/mol. The van der Waals surface area contributed by atoms with Crippen molar-refractivity contribution in [3.05, 3.63) is 0 Å². The molecule has 4 fully saturated rings. The van der Waals surface area contributed by atoms with Gasteiger partial charge in [-0.1, -0.05) is 27.7 Å². The van der Waals surface area contributed by atoms with E-state index in [9.17, 15) is 5.11 Å². The van der Waals surface area contributed by atoms with Gasteiger partial charge in [-0.25, -0.2) is 0 Å². The van der Waals surface area contributed by atoms with Crippen LogP contribution in [-0.4, -0.2) is 11.2 Å². The number of rotatable bonds is 1. The van der Waals surface area contributed by atoms with Crippen molar-refractivity contribution in [2.75, 3.05) is 0 Å². The Morgan fingerprint density at radius 3 is 2.26 bits per heavy atom. The average Bonchev–Trinajstić information content (AvgIpc) is 2.85. The summed E-state index contributed by atoms with van der Waals surface area (Å²) in [6.45, 7) is 10.2. The van der Waals surface area contributed by atoms with E-state index in [-0.39, 0.29) is 6.10 Å². The van der Waals surface area contributed by atoms with Gasteiger partial charge in [-0.15, -0.1) is 0 Å². The highest BCUT2D eigenvalue weighted by molar-refractivity contribution is 5.09. The van der Waals surface area contributed by atoms with Gasteiger partial charge in [0.25, 0.3) is 0 Å². The fourth-order valence-electron chi connectivity index (χ4n) is 8.37. The second kappa shape index (κ2) is 5.48. The third-order valence-electron chi connectivity index (χ3n) is 9.52. The third kappa shape index (κ3) is 2.28. The smallest absolute Gasteiger partial charge is 0.0543 e. The second-order valence-corrected chi connectivity index (χ2v) is 10.6. The van der Waals surface area contributed by atoms with Crippen LogP contribution in [0.25, 0.3) is 0 Å². The van der Waals surface area contributed by atoms with Crippen molar-refractivity contribution in [2.45, 2.75) is 91.6 Å². The van der Waals surface area contributed by atoms with Gasteiger partial charge in [-0.2, -0.15) is 0 Å². The van der Waals surface area contributed by atoms with E-state index < -0.39 is 0 Å². The van der Waals surface area contributed by atoms with Gasteiger partial charge in [0.15, 0.2) is 0 Å². The van der Waals surface area contributed by atoms with E-state index in [1.165, 1.54) is 44.9 Å². The zero-order valence-electron chi connectivity index (χ0n) is 15.9. The van der Waals surface area contributed by atoms with Crippen LogP contribution in [0.4, 0.5) is 0 Å². The number of aliphatic hydroxyl groups excluding tert-OH is 1. The molecule has 4 rings (SSSR count). The Kier molecular flexibility index (Phi) is 3.91. The Balaban J connectivity index is 1.60. The van der Waals surface area contributed by atoms with Crippen molar-refractivity contribution in [1.29, 1.82) is 0 Å². The Labute approximate surface area is 143 Å². The Morgan fingerprint density at radius 2 is 1.52 bits per heavy atom. The van der Waals surface area contributed by atoms with Gasteiger partial charge in [0.1, 0.15) is 0 Å². The van der Waals surface area contributed by atoms with Crippen molar-refractivity contribution in [1.82, 2.24) is 0 Å². The molecule has 4 aliphatic rings. The first-order chi connectivity index (χ1) is 10.9. The molecule has 0 bridgehead atoms. The van der Waals surface area contributed by atoms with E-state index in [2.05, 4.69) is 27.7 Å². The molecule has 1 heteroatoms. The monoisotopic (exact) mass is 318 g/mol. The van der Waals surface area contributed by atoms with E-state index in [1.54, 1.807) is 0 Å². The summed E-state index contributed by atoms with van der Waals surface area (Å²) in [7, 11) is 0. The zero-order valence-corrected chi connectivity index (χ0v) is 15.9. The number of fused-ring (bicyclic) bond motifs is 5. The van der Waals surface area contributed by atoms with E-state index in [4.69, 9.17) is 0 Å². The van der Waals surface area contributed by atoms with Gasteiger partial charge < -0.3 is 5.11 Å². The molecule has 0 heterocycles. The lowest BCUT2D eigenvalue weighted by atomic mass is 9.44. The van der Waals surface area contributed by atoms with Gasteiger partial charge in [-0.3, -0.25) is 0 Å². The summed E-state index contributed by atoms with van der Waals surface area (Å²) in [5, 5.41) is 10.1. The molecule has 1 N–H and O–H groups in total. The van der Waals surface area contributed by atoms with Crippen LogP contribution in [0, 0.1) is 46.3 Å². The molecule has 23 heavy (non-hydrogen) atoms.